The van der Waals surface area contributed by atoms with Crippen molar-refractivity contribution >= 4 is 22.7 Å². The number of para-hydroxylation sites is 2. The van der Waals surface area contributed by atoms with Gasteiger partial charge >= 0.3 is 0 Å². The first kappa shape index (κ1) is 15.8. The molecule has 0 radical (unpaired) electrons. The maximum absolute atomic E-state index is 9.46. The number of fused-ring (bicyclic) bond motifs is 1. The summed E-state index contributed by atoms with van der Waals surface area (Å²) in [6.45, 7) is 2.87. The smallest absolute Gasteiger partial charge is 0.149 e. The second kappa shape index (κ2) is 7.47. The van der Waals surface area contributed by atoms with Crippen molar-refractivity contribution in [1.29, 1.82) is 5.26 Å². The fraction of sp³-hybridized carbons (Fsp3) is 0.200. The minimum atomic E-state index is 0.505. The van der Waals surface area contributed by atoms with E-state index >= 15 is 0 Å². The van der Waals surface area contributed by atoms with E-state index in [9.17, 15) is 5.26 Å². The normalized spacial score (nSPS) is 11.4. The van der Waals surface area contributed by atoms with Crippen LogP contribution >= 0.6 is 0 Å². The number of rotatable bonds is 6. The molecule has 2 aromatic carbocycles. The summed E-state index contributed by atoms with van der Waals surface area (Å²) in [6.07, 6.45) is 3.99. The van der Waals surface area contributed by atoms with E-state index in [2.05, 4.69) is 23.0 Å². The molecule has 0 amide bonds. The second-order valence-corrected chi connectivity index (χ2v) is 5.54. The molecule has 0 spiro atoms. The van der Waals surface area contributed by atoms with E-state index in [4.69, 9.17) is 4.74 Å². The van der Waals surface area contributed by atoms with Crippen LogP contribution in [-0.4, -0.2) is 16.6 Å². The summed E-state index contributed by atoms with van der Waals surface area (Å²) >= 11 is 0. The van der Waals surface area contributed by atoms with Crippen LogP contribution < -0.4 is 4.74 Å². The molecule has 0 bridgehead atoms. The number of hydrogen-bond donors (Lipinski definition) is 1. The SMILES string of the molecule is CCCCOc1ccc(/C=C(/C#N)c2nc3ccccc3[nH]2)cc1. The van der Waals surface area contributed by atoms with Gasteiger partial charge in [0.05, 0.1) is 23.2 Å². The van der Waals surface area contributed by atoms with Crippen molar-refractivity contribution < 1.29 is 4.74 Å². The van der Waals surface area contributed by atoms with Crippen LogP contribution in [0, 0.1) is 11.3 Å². The summed E-state index contributed by atoms with van der Waals surface area (Å²) in [5.41, 5.74) is 3.22. The summed E-state index contributed by atoms with van der Waals surface area (Å²) in [5, 5.41) is 9.46. The first-order valence-electron chi connectivity index (χ1n) is 8.10. The van der Waals surface area contributed by atoms with Gasteiger partial charge in [0, 0.05) is 0 Å². The van der Waals surface area contributed by atoms with Gasteiger partial charge in [-0.25, -0.2) is 4.98 Å². The Labute approximate surface area is 141 Å². The molecule has 0 aliphatic rings. The number of H-pyrrole nitrogens is 1. The quantitative estimate of drug-likeness (QED) is 0.524. The predicted octanol–water partition coefficient (Wildman–Crippen LogP) is 4.81. The van der Waals surface area contributed by atoms with Gasteiger partial charge in [-0.2, -0.15) is 5.26 Å². The van der Waals surface area contributed by atoms with Crippen LogP contribution in [0.15, 0.2) is 48.5 Å². The third-order valence-corrected chi connectivity index (χ3v) is 3.72. The molecule has 0 saturated carbocycles. The average Bonchev–Trinajstić information content (AvgIpc) is 3.05. The fourth-order valence-corrected chi connectivity index (χ4v) is 2.40. The number of allylic oxidation sites excluding steroid dienone is 1. The molecule has 0 fully saturated rings. The fourth-order valence-electron chi connectivity index (χ4n) is 2.40. The summed E-state index contributed by atoms with van der Waals surface area (Å²) in [7, 11) is 0. The van der Waals surface area contributed by atoms with Gasteiger partial charge in [-0.3, -0.25) is 0 Å². The topological polar surface area (TPSA) is 61.7 Å². The number of unbranched alkanes of at least 4 members (excludes halogenated alkanes) is 1. The van der Waals surface area contributed by atoms with Gasteiger partial charge in [0.25, 0.3) is 0 Å². The number of nitrogens with zero attached hydrogens (tertiary/aromatic N) is 2. The van der Waals surface area contributed by atoms with Gasteiger partial charge in [0.15, 0.2) is 0 Å². The van der Waals surface area contributed by atoms with Crippen molar-refractivity contribution in [1.82, 2.24) is 9.97 Å². The highest BCUT2D eigenvalue weighted by molar-refractivity contribution is 5.90. The van der Waals surface area contributed by atoms with E-state index in [1.165, 1.54) is 0 Å². The highest BCUT2D eigenvalue weighted by Gasteiger charge is 2.07. The third-order valence-electron chi connectivity index (χ3n) is 3.72. The second-order valence-electron chi connectivity index (χ2n) is 5.54. The molecule has 0 aliphatic heterocycles. The number of imidazole rings is 1. The molecular weight excluding hydrogens is 298 g/mol. The monoisotopic (exact) mass is 317 g/mol. The van der Waals surface area contributed by atoms with Crippen LogP contribution in [0.25, 0.3) is 22.7 Å². The molecule has 0 unspecified atom stereocenters. The molecule has 120 valence electrons. The zero-order chi connectivity index (χ0) is 16.8. The molecular formula is C20H19N3O. The number of aromatic amines is 1. The number of ether oxygens (including phenoxy) is 1. The average molecular weight is 317 g/mol. The van der Waals surface area contributed by atoms with E-state index in [-0.39, 0.29) is 0 Å². The highest BCUT2D eigenvalue weighted by atomic mass is 16.5. The van der Waals surface area contributed by atoms with Gasteiger partial charge in [0.1, 0.15) is 17.6 Å². The van der Waals surface area contributed by atoms with Crippen LogP contribution in [0.5, 0.6) is 5.75 Å². The lowest BCUT2D eigenvalue weighted by Gasteiger charge is -2.05. The molecule has 1 N–H and O–H groups in total. The molecule has 0 aliphatic carbocycles. The zero-order valence-electron chi connectivity index (χ0n) is 13.6. The molecule has 3 rings (SSSR count). The molecule has 4 heteroatoms. The summed E-state index contributed by atoms with van der Waals surface area (Å²) in [5.74, 6) is 1.44. The van der Waals surface area contributed by atoms with Gasteiger partial charge in [-0.15, -0.1) is 0 Å². The van der Waals surface area contributed by atoms with Crippen molar-refractivity contribution in [2.75, 3.05) is 6.61 Å². The predicted molar refractivity (Wildman–Crippen MR) is 96.4 cm³/mol. The molecule has 3 aromatic rings. The number of nitriles is 1. The van der Waals surface area contributed by atoms with Crippen LogP contribution in [0.2, 0.25) is 0 Å². The Morgan fingerprint density at radius 1 is 1.21 bits per heavy atom. The van der Waals surface area contributed by atoms with Crippen LogP contribution in [0.4, 0.5) is 0 Å². The van der Waals surface area contributed by atoms with Crippen molar-refractivity contribution in [2.24, 2.45) is 0 Å². The minimum absolute atomic E-state index is 0.505. The van der Waals surface area contributed by atoms with E-state index in [1.54, 1.807) is 0 Å². The largest absolute Gasteiger partial charge is 0.494 e. The Morgan fingerprint density at radius 3 is 2.71 bits per heavy atom. The molecule has 24 heavy (non-hydrogen) atoms. The van der Waals surface area contributed by atoms with E-state index in [1.807, 2.05) is 54.6 Å². The van der Waals surface area contributed by atoms with Crippen molar-refractivity contribution in [3.8, 4) is 11.8 Å². The molecule has 0 atom stereocenters. The number of nitrogens with one attached hydrogen (secondary N) is 1. The summed E-state index contributed by atoms with van der Waals surface area (Å²) < 4.78 is 5.65. The van der Waals surface area contributed by atoms with Crippen LogP contribution in [-0.2, 0) is 0 Å². The molecule has 0 saturated heterocycles. The first-order valence-corrected chi connectivity index (χ1v) is 8.10. The van der Waals surface area contributed by atoms with Crippen LogP contribution in [0.1, 0.15) is 31.2 Å². The van der Waals surface area contributed by atoms with Gasteiger partial charge < -0.3 is 9.72 Å². The van der Waals surface area contributed by atoms with Crippen molar-refractivity contribution in [2.45, 2.75) is 19.8 Å². The number of aromatic nitrogens is 2. The Balaban J connectivity index is 1.81. The Morgan fingerprint density at radius 2 is 2.00 bits per heavy atom. The zero-order valence-corrected chi connectivity index (χ0v) is 13.6. The van der Waals surface area contributed by atoms with Crippen molar-refractivity contribution in [3.63, 3.8) is 0 Å². The maximum atomic E-state index is 9.46. The number of hydrogen-bond acceptors (Lipinski definition) is 3. The van der Waals surface area contributed by atoms with Gasteiger partial charge in [0.2, 0.25) is 0 Å². The molecule has 1 heterocycles. The highest BCUT2D eigenvalue weighted by Crippen LogP contribution is 2.20. The van der Waals surface area contributed by atoms with Crippen molar-refractivity contribution in [3.05, 3.63) is 59.9 Å². The first-order chi connectivity index (χ1) is 11.8. The van der Waals surface area contributed by atoms with E-state index in [0.29, 0.717) is 11.4 Å². The molecule has 4 nitrogen and oxygen atoms in total. The Hall–Kier alpha value is -3.06. The minimum Gasteiger partial charge on any atom is -0.494 e. The standard InChI is InChI=1S/C20H19N3O/c1-2-3-12-24-17-10-8-15(9-11-17)13-16(14-21)20-22-18-6-4-5-7-19(18)23-20/h4-11,13H,2-3,12H2,1H3,(H,22,23)/b16-13-. The number of benzene rings is 2. The molecule has 1 aromatic heterocycles. The Kier molecular flexibility index (Phi) is 4.93. The van der Waals surface area contributed by atoms with Gasteiger partial charge in [-0.05, 0) is 42.3 Å². The maximum Gasteiger partial charge on any atom is 0.149 e. The lowest BCUT2D eigenvalue weighted by Crippen LogP contribution is -1.95. The van der Waals surface area contributed by atoms with Gasteiger partial charge in [-0.1, -0.05) is 37.6 Å². The van der Waals surface area contributed by atoms with E-state index in [0.717, 1.165) is 41.8 Å². The lowest BCUT2D eigenvalue weighted by molar-refractivity contribution is 0.309. The third kappa shape index (κ3) is 3.64. The summed E-state index contributed by atoms with van der Waals surface area (Å²) in [4.78, 5) is 7.66. The lowest BCUT2D eigenvalue weighted by atomic mass is 10.1. The summed E-state index contributed by atoms with van der Waals surface area (Å²) in [6, 6.07) is 17.7. The Bertz CT molecular complexity index is 852. The van der Waals surface area contributed by atoms with Crippen LogP contribution in [0.3, 0.4) is 0 Å². The van der Waals surface area contributed by atoms with E-state index < -0.39 is 0 Å².